The van der Waals surface area contributed by atoms with E-state index >= 15 is 0 Å². The molecule has 11 heavy (non-hydrogen) atoms. The number of hydrogen-bond acceptors (Lipinski definition) is 1. The highest BCUT2D eigenvalue weighted by Gasteiger charge is 2.20. The molecule has 1 aliphatic rings. The molecule has 3 heteroatoms. The van der Waals surface area contributed by atoms with Gasteiger partial charge in [0, 0.05) is 12.2 Å². The highest BCUT2D eigenvalue weighted by Crippen LogP contribution is 2.32. The predicted molar refractivity (Wildman–Crippen MR) is 44.7 cm³/mol. The Morgan fingerprint density at radius 1 is 1.64 bits per heavy atom. The van der Waals surface area contributed by atoms with Crippen molar-refractivity contribution >= 4 is 11.6 Å². The standard InChI is InChI=1S/C8H11ClN2/c9-4-8-5-10-6-11(8)7-2-1-3-7/h5-7H,1-4H2. The molecule has 0 saturated heterocycles. The summed E-state index contributed by atoms with van der Waals surface area (Å²) < 4.78 is 2.20. The number of imidazole rings is 1. The van der Waals surface area contributed by atoms with Crippen molar-refractivity contribution in [1.29, 1.82) is 0 Å². The fourth-order valence-corrected chi connectivity index (χ4v) is 1.64. The first-order valence-corrected chi connectivity index (χ1v) is 4.52. The molecule has 0 spiro atoms. The molecule has 0 amide bonds. The van der Waals surface area contributed by atoms with Gasteiger partial charge in [-0.25, -0.2) is 4.98 Å². The highest BCUT2D eigenvalue weighted by molar-refractivity contribution is 6.16. The average Bonchev–Trinajstić information content (AvgIpc) is 2.32. The Labute approximate surface area is 71.2 Å². The highest BCUT2D eigenvalue weighted by atomic mass is 35.5. The summed E-state index contributed by atoms with van der Waals surface area (Å²) in [6.45, 7) is 0. The molecule has 1 aromatic rings. The van der Waals surface area contributed by atoms with E-state index in [1.165, 1.54) is 19.3 Å². The quantitative estimate of drug-likeness (QED) is 0.623. The SMILES string of the molecule is ClCc1cncn1C1CCC1. The second-order valence-corrected chi connectivity index (χ2v) is 3.28. The van der Waals surface area contributed by atoms with Gasteiger partial charge in [-0.2, -0.15) is 0 Å². The zero-order valence-electron chi connectivity index (χ0n) is 6.33. The molecule has 1 saturated carbocycles. The minimum absolute atomic E-state index is 0.580. The molecule has 1 heterocycles. The molecule has 0 aromatic carbocycles. The monoisotopic (exact) mass is 170 g/mol. The van der Waals surface area contributed by atoms with Crippen molar-refractivity contribution in [2.24, 2.45) is 0 Å². The normalized spacial score (nSPS) is 18.3. The Bertz CT molecular complexity index is 240. The van der Waals surface area contributed by atoms with Gasteiger partial charge >= 0.3 is 0 Å². The number of alkyl halides is 1. The third-order valence-electron chi connectivity index (χ3n) is 2.35. The van der Waals surface area contributed by atoms with E-state index in [1.54, 1.807) is 0 Å². The van der Waals surface area contributed by atoms with E-state index in [0.29, 0.717) is 11.9 Å². The lowest BCUT2D eigenvalue weighted by atomic mass is 9.93. The van der Waals surface area contributed by atoms with Crippen LogP contribution in [0.4, 0.5) is 0 Å². The van der Waals surface area contributed by atoms with Crippen LogP contribution in [0, 0.1) is 0 Å². The van der Waals surface area contributed by atoms with Crippen molar-refractivity contribution in [1.82, 2.24) is 9.55 Å². The zero-order valence-corrected chi connectivity index (χ0v) is 7.09. The molecule has 1 fully saturated rings. The van der Waals surface area contributed by atoms with Crippen molar-refractivity contribution in [3.05, 3.63) is 18.2 Å². The molecule has 0 radical (unpaired) electrons. The van der Waals surface area contributed by atoms with Gasteiger partial charge in [-0.1, -0.05) is 0 Å². The molecule has 2 nitrogen and oxygen atoms in total. The third kappa shape index (κ3) is 1.16. The summed E-state index contributed by atoms with van der Waals surface area (Å²) in [4.78, 5) is 4.07. The molecule has 1 aliphatic carbocycles. The Morgan fingerprint density at radius 3 is 3.00 bits per heavy atom. The molecule has 60 valence electrons. The van der Waals surface area contributed by atoms with Crippen LogP contribution in [-0.4, -0.2) is 9.55 Å². The molecular formula is C8H11ClN2. The van der Waals surface area contributed by atoms with E-state index in [4.69, 9.17) is 11.6 Å². The topological polar surface area (TPSA) is 17.8 Å². The van der Waals surface area contributed by atoms with Crippen molar-refractivity contribution in [2.75, 3.05) is 0 Å². The van der Waals surface area contributed by atoms with E-state index in [0.717, 1.165) is 5.69 Å². The van der Waals surface area contributed by atoms with E-state index in [2.05, 4.69) is 9.55 Å². The number of rotatable bonds is 2. The first kappa shape index (κ1) is 7.17. The third-order valence-corrected chi connectivity index (χ3v) is 2.63. The number of hydrogen-bond donors (Lipinski definition) is 0. The van der Waals surface area contributed by atoms with Gasteiger partial charge < -0.3 is 4.57 Å². The van der Waals surface area contributed by atoms with E-state index in [1.807, 2.05) is 12.5 Å². The van der Waals surface area contributed by atoms with Gasteiger partial charge in [-0.05, 0) is 19.3 Å². The summed E-state index contributed by atoms with van der Waals surface area (Å²) in [6, 6.07) is 0.686. The van der Waals surface area contributed by atoms with Gasteiger partial charge in [-0.15, -0.1) is 11.6 Å². The van der Waals surface area contributed by atoms with Crippen molar-refractivity contribution in [3.8, 4) is 0 Å². The van der Waals surface area contributed by atoms with Gasteiger partial charge in [-0.3, -0.25) is 0 Å². The van der Waals surface area contributed by atoms with Crippen LogP contribution in [0.25, 0.3) is 0 Å². The Balaban J connectivity index is 2.20. The van der Waals surface area contributed by atoms with Crippen molar-refractivity contribution < 1.29 is 0 Å². The molecule has 0 atom stereocenters. The zero-order chi connectivity index (χ0) is 7.68. The average molecular weight is 171 g/mol. The molecular weight excluding hydrogens is 160 g/mol. The van der Waals surface area contributed by atoms with Gasteiger partial charge in [0.25, 0.3) is 0 Å². The number of nitrogens with zero attached hydrogens (tertiary/aromatic N) is 2. The van der Waals surface area contributed by atoms with E-state index < -0.39 is 0 Å². The largest absolute Gasteiger partial charge is 0.330 e. The van der Waals surface area contributed by atoms with Crippen LogP contribution in [-0.2, 0) is 5.88 Å². The van der Waals surface area contributed by atoms with Crippen LogP contribution in [0.5, 0.6) is 0 Å². The maximum absolute atomic E-state index is 5.74. The van der Waals surface area contributed by atoms with Crippen LogP contribution in [0.15, 0.2) is 12.5 Å². The molecule has 2 rings (SSSR count). The Hall–Kier alpha value is -0.500. The number of aromatic nitrogens is 2. The Morgan fingerprint density at radius 2 is 2.45 bits per heavy atom. The summed E-state index contributed by atoms with van der Waals surface area (Å²) in [6.07, 6.45) is 7.68. The minimum Gasteiger partial charge on any atom is -0.330 e. The maximum Gasteiger partial charge on any atom is 0.0951 e. The molecule has 0 N–H and O–H groups in total. The second kappa shape index (κ2) is 2.86. The number of halogens is 1. The van der Waals surface area contributed by atoms with Gasteiger partial charge in [0.2, 0.25) is 0 Å². The lowest BCUT2D eigenvalue weighted by Crippen LogP contribution is -2.17. The maximum atomic E-state index is 5.74. The summed E-state index contributed by atoms with van der Waals surface area (Å²) in [5.41, 5.74) is 1.15. The first-order chi connectivity index (χ1) is 5.42. The second-order valence-electron chi connectivity index (χ2n) is 3.01. The van der Waals surface area contributed by atoms with Gasteiger partial charge in [0.15, 0.2) is 0 Å². The lowest BCUT2D eigenvalue weighted by molar-refractivity contribution is 0.308. The van der Waals surface area contributed by atoms with Gasteiger partial charge in [0.05, 0.1) is 17.9 Å². The fraction of sp³-hybridized carbons (Fsp3) is 0.625. The molecule has 1 aromatic heterocycles. The summed E-state index contributed by atoms with van der Waals surface area (Å²) >= 11 is 5.74. The van der Waals surface area contributed by atoms with Gasteiger partial charge in [0.1, 0.15) is 0 Å². The molecule has 0 unspecified atom stereocenters. The van der Waals surface area contributed by atoms with Crippen molar-refractivity contribution in [3.63, 3.8) is 0 Å². The molecule has 0 bridgehead atoms. The predicted octanol–water partition coefficient (Wildman–Crippen LogP) is 2.35. The summed E-state index contributed by atoms with van der Waals surface area (Å²) in [7, 11) is 0. The lowest BCUT2D eigenvalue weighted by Gasteiger charge is -2.27. The van der Waals surface area contributed by atoms with Crippen LogP contribution in [0.3, 0.4) is 0 Å². The molecule has 0 aliphatic heterocycles. The minimum atomic E-state index is 0.580. The van der Waals surface area contributed by atoms with E-state index in [-0.39, 0.29) is 0 Å². The van der Waals surface area contributed by atoms with Crippen LogP contribution >= 0.6 is 11.6 Å². The fourth-order valence-electron chi connectivity index (χ4n) is 1.43. The van der Waals surface area contributed by atoms with E-state index in [9.17, 15) is 0 Å². The first-order valence-electron chi connectivity index (χ1n) is 3.98. The van der Waals surface area contributed by atoms with Crippen LogP contribution in [0.1, 0.15) is 31.0 Å². The Kier molecular flexibility index (Phi) is 1.86. The summed E-state index contributed by atoms with van der Waals surface area (Å²) in [5, 5.41) is 0. The summed E-state index contributed by atoms with van der Waals surface area (Å²) in [5.74, 6) is 0.580. The van der Waals surface area contributed by atoms with Crippen LogP contribution in [0.2, 0.25) is 0 Å². The van der Waals surface area contributed by atoms with Crippen molar-refractivity contribution in [2.45, 2.75) is 31.2 Å². The smallest absolute Gasteiger partial charge is 0.0951 e. The van der Waals surface area contributed by atoms with Crippen LogP contribution < -0.4 is 0 Å².